The summed E-state index contributed by atoms with van der Waals surface area (Å²) in [5.74, 6) is -0.339. The van der Waals surface area contributed by atoms with Gasteiger partial charge in [0.15, 0.2) is 0 Å². The van der Waals surface area contributed by atoms with Gasteiger partial charge in [-0.25, -0.2) is 4.39 Å². The maximum absolute atomic E-state index is 13.5. The lowest BCUT2D eigenvalue weighted by molar-refractivity contribution is -0.0101. The van der Waals surface area contributed by atoms with Gasteiger partial charge in [0.25, 0.3) is 0 Å². The molecule has 0 saturated heterocycles. The Balaban J connectivity index is 2.32. The number of aliphatic hydroxyl groups is 1. The van der Waals surface area contributed by atoms with Gasteiger partial charge in [-0.15, -0.1) is 0 Å². The zero-order chi connectivity index (χ0) is 10.9. The van der Waals surface area contributed by atoms with Crippen LogP contribution >= 0.6 is 0 Å². The SMILES string of the molecule is NC1CCCC(O)(c2ccccc2F)C1. The molecule has 1 aromatic carbocycles. The zero-order valence-corrected chi connectivity index (χ0v) is 8.62. The first kappa shape index (κ1) is 10.6. The van der Waals surface area contributed by atoms with Crippen molar-refractivity contribution in [2.24, 2.45) is 5.73 Å². The Labute approximate surface area is 88.9 Å². The van der Waals surface area contributed by atoms with Crippen LogP contribution in [0.15, 0.2) is 24.3 Å². The number of benzene rings is 1. The largest absolute Gasteiger partial charge is 0.385 e. The quantitative estimate of drug-likeness (QED) is 0.742. The van der Waals surface area contributed by atoms with Gasteiger partial charge in [-0.2, -0.15) is 0 Å². The summed E-state index contributed by atoms with van der Waals surface area (Å²) in [6.45, 7) is 0. The van der Waals surface area contributed by atoms with Gasteiger partial charge in [0.1, 0.15) is 5.82 Å². The normalized spacial score (nSPS) is 31.5. The van der Waals surface area contributed by atoms with Crippen LogP contribution in [0.2, 0.25) is 0 Å². The highest BCUT2D eigenvalue weighted by molar-refractivity contribution is 5.25. The van der Waals surface area contributed by atoms with Crippen molar-refractivity contribution >= 4 is 0 Å². The fourth-order valence-electron chi connectivity index (χ4n) is 2.38. The number of halogens is 1. The van der Waals surface area contributed by atoms with Crippen LogP contribution in [0.25, 0.3) is 0 Å². The number of hydrogen-bond acceptors (Lipinski definition) is 2. The lowest BCUT2D eigenvalue weighted by Gasteiger charge is -2.35. The molecule has 1 saturated carbocycles. The van der Waals surface area contributed by atoms with Gasteiger partial charge in [0.2, 0.25) is 0 Å². The van der Waals surface area contributed by atoms with Gasteiger partial charge in [0, 0.05) is 11.6 Å². The molecule has 3 heteroatoms. The maximum atomic E-state index is 13.5. The lowest BCUT2D eigenvalue weighted by Crippen LogP contribution is -2.39. The molecule has 15 heavy (non-hydrogen) atoms. The Kier molecular flexibility index (Phi) is 2.76. The summed E-state index contributed by atoms with van der Waals surface area (Å²) in [7, 11) is 0. The van der Waals surface area contributed by atoms with Crippen LogP contribution in [-0.2, 0) is 5.60 Å². The van der Waals surface area contributed by atoms with E-state index in [1.54, 1.807) is 18.2 Å². The van der Waals surface area contributed by atoms with Crippen LogP contribution in [-0.4, -0.2) is 11.1 Å². The second-order valence-corrected chi connectivity index (χ2v) is 4.37. The first-order valence-electron chi connectivity index (χ1n) is 5.35. The molecule has 1 aliphatic carbocycles. The summed E-state index contributed by atoms with van der Waals surface area (Å²) >= 11 is 0. The second-order valence-electron chi connectivity index (χ2n) is 4.37. The highest BCUT2D eigenvalue weighted by Crippen LogP contribution is 2.37. The van der Waals surface area contributed by atoms with E-state index >= 15 is 0 Å². The van der Waals surface area contributed by atoms with Crippen LogP contribution < -0.4 is 5.73 Å². The van der Waals surface area contributed by atoms with Crippen molar-refractivity contribution in [1.82, 2.24) is 0 Å². The van der Waals surface area contributed by atoms with Crippen LogP contribution in [0, 0.1) is 5.82 Å². The van der Waals surface area contributed by atoms with Crippen LogP contribution in [0.1, 0.15) is 31.2 Å². The second kappa shape index (κ2) is 3.91. The molecule has 2 atom stereocenters. The third kappa shape index (κ3) is 2.03. The Hall–Kier alpha value is -0.930. The fourth-order valence-corrected chi connectivity index (χ4v) is 2.38. The molecule has 0 aromatic heterocycles. The highest BCUT2D eigenvalue weighted by atomic mass is 19.1. The molecule has 0 bridgehead atoms. The van der Waals surface area contributed by atoms with E-state index in [9.17, 15) is 9.50 Å². The van der Waals surface area contributed by atoms with E-state index < -0.39 is 5.60 Å². The molecule has 1 aliphatic rings. The van der Waals surface area contributed by atoms with Gasteiger partial charge in [-0.05, 0) is 31.7 Å². The average molecular weight is 209 g/mol. The van der Waals surface area contributed by atoms with Gasteiger partial charge in [0.05, 0.1) is 5.60 Å². The Bertz CT molecular complexity index is 355. The molecule has 0 heterocycles. The molecule has 2 unspecified atom stereocenters. The van der Waals surface area contributed by atoms with E-state index in [0.29, 0.717) is 18.4 Å². The first-order valence-corrected chi connectivity index (χ1v) is 5.35. The van der Waals surface area contributed by atoms with E-state index in [0.717, 1.165) is 12.8 Å². The molecular weight excluding hydrogens is 193 g/mol. The summed E-state index contributed by atoms with van der Waals surface area (Å²) in [6.07, 6.45) is 2.82. The number of nitrogens with two attached hydrogens (primary N) is 1. The molecule has 1 aromatic rings. The lowest BCUT2D eigenvalue weighted by atomic mass is 9.77. The molecule has 1 fully saturated rings. The van der Waals surface area contributed by atoms with Crippen molar-refractivity contribution in [2.75, 3.05) is 0 Å². The average Bonchev–Trinajstić information content (AvgIpc) is 2.17. The summed E-state index contributed by atoms with van der Waals surface area (Å²) in [6, 6.07) is 6.38. The number of hydrogen-bond donors (Lipinski definition) is 2. The number of rotatable bonds is 1. The molecule has 3 N–H and O–H groups in total. The summed E-state index contributed by atoms with van der Waals surface area (Å²) in [5, 5.41) is 10.4. The zero-order valence-electron chi connectivity index (χ0n) is 8.62. The molecule has 82 valence electrons. The molecule has 2 rings (SSSR count). The minimum atomic E-state index is -1.07. The van der Waals surface area contributed by atoms with Crippen LogP contribution in [0.4, 0.5) is 4.39 Å². The standard InChI is InChI=1S/C12H16FNO/c13-11-6-2-1-5-10(11)12(15)7-3-4-9(14)8-12/h1-2,5-6,9,15H,3-4,7-8,14H2. The van der Waals surface area contributed by atoms with Crippen molar-refractivity contribution in [3.05, 3.63) is 35.6 Å². The summed E-state index contributed by atoms with van der Waals surface area (Å²) < 4.78 is 13.5. The van der Waals surface area contributed by atoms with Crippen LogP contribution in [0.5, 0.6) is 0 Å². The minimum absolute atomic E-state index is 0.0247. The summed E-state index contributed by atoms with van der Waals surface area (Å²) in [4.78, 5) is 0. The van der Waals surface area contributed by atoms with Gasteiger partial charge >= 0.3 is 0 Å². The first-order chi connectivity index (χ1) is 7.12. The Morgan fingerprint density at radius 3 is 2.80 bits per heavy atom. The fraction of sp³-hybridized carbons (Fsp3) is 0.500. The minimum Gasteiger partial charge on any atom is -0.385 e. The van der Waals surface area contributed by atoms with Crippen molar-refractivity contribution in [3.8, 4) is 0 Å². The van der Waals surface area contributed by atoms with Gasteiger partial charge in [-0.3, -0.25) is 0 Å². The van der Waals surface area contributed by atoms with E-state index in [2.05, 4.69) is 0 Å². The monoisotopic (exact) mass is 209 g/mol. The molecule has 0 radical (unpaired) electrons. The Morgan fingerprint density at radius 2 is 2.13 bits per heavy atom. The van der Waals surface area contributed by atoms with Crippen molar-refractivity contribution in [2.45, 2.75) is 37.3 Å². The summed E-state index contributed by atoms with van der Waals surface area (Å²) in [5.41, 5.74) is 5.14. The van der Waals surface area contributed by atoms with E-state index in [1.165, 1.54) is 6.07 Å². The van der Waals surface area contributed by atoms with Gasteiger partial charge in [-0.1, -0.05) is 18.2 Å². The van der Waals surface area contributed by atoms with E-state index in [1.807, 2.05) is 0 Å². The third-order valence-electron chi connectivity index (χ3n) is 3.14. The molecule has 0 spiro atoms. The topological polar surface area (TPSA) is 46.2 Å². The maximum Gasteiger partial charge on any atom is 0.129 e. The van der Waals surface area contributed by atoms with Crippen LogP contribution in [0.3, 0.4) is 0 Å². The smallest absolute Gasteiger partial charge is 0.129 e. The van der Waals surface area contributed by atoms with E-state index in [4.69, 9.17) is 5.73 Å². The van der Waals surface area contributed by atoms with Crippen molar-refractivity contribution < 1.29 is 9.50 Å². The molecule has 2 nitrogen and oxygen atoms in total. The molecule has 0 amide bonds. The highest BCUT2D eigenvalue weighted by Gasteiger charge is 2.36. The third-order valence-corrected chi connectivity index (χ3v) is 3.14. The molecular formula is C12H16FNO. The van der Waals surface area contributed by atoms with Crippen molar-refractivity contribution in [1.29, 1.82) is 0 Å². The Morgan fingerprint density at radius 1 is 1.40 bits per heavy atom. The van der Waals surface area contributed by atoms with E-state index in [-0.39, 0.29) is 11.9 Å². The predicted octanol–water partition coefficient (Wildman–Crippen LogP) is 1.91. The molecule has 0 aliphatic heterocycles. The predicted molar refractivity (Wildman–Crippen MR) is 56.7 cm³/mol. The van der Waals surface area contributed by atoms with Gasteiger partial charge < -0.3 is 10.8 Å². The van der Waals surface area contributed by atoms with Crippen molar-refractivity contribution in [3.63, 3.8) is 0 Å².